The summed E-state index contributed by atoms with van der Waals surface area (Å²) in [6.45, 7) is 8.21. The van der Waals surface area contributed by atoms with Gasteiger partial charge in [0.15, 0.2) is 0 Å². The average molecular weight is 402 g/mol. The van der Waals surface area contributed by atoms with Crippen LogP contribution >= 0.6 is 0 Å². The highest BCUT2D eigenvalue weighted by Crippen LogP contribution is 2.23. The molecular formula is C22H30N2O5. The summed E-state index contributed by atoms with van der Waals surface area (Å²) >= 11 is 0. The number of fused-ring (bicyclic) bond motifs is 1. The maximum absolute atomic E-state index is 12.3. The number of ether oxygens (including phenoxy) is 2. The summed E-state index contributed by atoms with van der Waals surface area (Å²) in [4.78, 5) is 39.7. The number of hydrogen-bond donors (Lipinski definition) is 0. The van der Waals surface area contributed by atoms with Crippen LogP contribution in [0.5, 0.6) is 0 Å². The minimum Gasteiger partial charge on any atom is -0.444 e. The molecule has 0 radical (unpaired) electrons. The number of nitrogens with zero attached hydrogens (tertiary/aromatic N) is 2. The maximum Gasteiger partial charge on any atom is 0.410 e. The summed E-state index contributed by atoms with van der Waals surface area (Å²) in [6, 6.07) is 6.89. The maximum atomic E-state index is 12.3. The summed E-state index contributed by atoms with van der Waals surface area (Å²) in [5.74, 6) is 0.0143. The van der Waals surface area contributed by atoms with Crippen LogP contribution in [0.15, 0.2) is 24.3 Å². The molecule has 2 aliphatic rings. The number of amides is 3. The molecule has 0 N–H and O–H groups in total. The Kier molecular flexibility index (Phi) is 6.57. The first-order valence-corrected chi connectivity index (χ1v) is 10.3. The summed E-state index contributed by atoms with van der Waals surface area (Å²) < 4.78 is 11.1. The van der Waals surface area contributed by atoms with E-state index in [0.29, 0.717) is 43.3 Å². The molecule has 1 aromatic rings. The van der Waals surface area contributed by atoms with E-state index in [1.807, 2.05) is 20.8 Å². The van der Waals surface area contributed by atoms with E-state index in [1.54, 1.807) is 29.2 Å². The lowest BCUT2D eigenvalue weighted by atomic mass is 9.94. The predicted octanol–water partition coefficient (Wildman–Crippen LogP) is 3.34. The van der Waals surface area contributed by atoms with Crippen LogP contribution < -0.4 is 0 Å². The van der Waals surface area contributed by atoms with Crippen LogP contribution in [0, 0.1) is 5.92 Å². The fourth-order valence-corrected chi connectivity index (χ4v) is 3.68. The lowest BCUT2D eigenvalue weighted by molar-refractivity contribution is 0.0162. The van der Waals surface area contributed by atoms with Crippen LogP contribution in [-0.4, -0.2) is 66.2 Å². The number of carbonyl (C=O) groups is 3. The smallest absolute Gasteiger partial charge is 0.410 e. The molecule has 7 heteroatoms. The number of hydrogen-bond acceptors (Lipinski definition) is 5. The van der Waals surface area contributed by atoms with Crippen LogP contribution in [0.4, 0.5) is 4.79 Å². The first kappa shape index (κ1) is 21.3. The van der Waals surface area contributed by atoms with Gasteiger partial charge in [-0.05, 0) is 58.1 Å². The second-order valence-electron chi connectivity index (χ2n) is 8.62. The highest BCUT2D eigenvalue weighted by atomic mass is 16.6. The van der Waals surface area contributed by atoms with Crippen molar-refractivity contribution in [3.05, 3.63) is 35.4 Å². The summed E-state index contributed by atoms with van der Waals surface area (Å²) in [7, 11) is 0. The zero-order chi connectivity index (χ0) is 21.0. The van der Waals surface area contributed by atoms with Gasteiger partial charge in [0, 0.05) is 19.7 Å². The molecule has 0 saturated carbocycles. The van der Waals surface area contributed by atoms with E-state index < -0.39 is 5.60 Å². The van der Waals surface area contributed by atoms with Crippen LogP contribution in [0.25, 0.3) is 0 Å². The highest BCUT2D eigenvalue weighted by molar-refractivity contribution is 6.21. The zero-order valence-corrected chi connectivity index (χ0v) is 17.5. The van der Waals surface area contributed by atoms with Crippen LogP contribution in [0.3, 0.4) is 0 Å². The third-order valence-electron chi connectivity index (χ3n) is 5.27. The molecule has 158 valence electrons. The van der Waals surface area contributed by atoms with E-state index in [-0.39, 0.29) is 24.5 Å². The molecule has 3 rings (SSSR count). The van der Waals surface area contributed by atoms with Gasteiger partial charge in [-0.15, -0.1) is 0 Å². The van der Waals surface area contributed by atoms with Crippen molar-refractivity contribution in [1.29, 1.82) is 0 Å². The fourth-order valence-electron chi connectivity index (χ4n) is 3.68. The fraction of sp³-hybridized carbons (Fsp3) is 0.591. The van der Waals surface area contributed by atoms with Gasteiger partial charge in [0.1, 0.15) is 5.60 Å². The zero-order valence-electron chi connectivity index (χ0n) is 17.5. The van der Waals surface area contributed by atoms with Gasteiger partial charge in [-0.1, -0.05) is 12.1 Å². The topological polar surface area (TPSA) is 76.2 Å². The Morgan fingerprint density at radius 1 is 1.03 bits per heavy atom. The lowest BCUT2D eigenvalue weighted by Gasteiger charge is -2.33. The van der Waals surface area contributed by atoms with Crippen molar-refractivity contribution in [3.8, 4) is 0 Å². The number of likely N-dealkylation sites (tertiary alicyclic amines) is 1. The third-order valence-corrected chi connectivity index (χ3v) is 5.27. The standard InChI is InChI=1S/C22H30N2O5/c1-22(2,3)29-21(27)23-11-8-16(9-12-23)10-14-28-15-13-24-19(25)17-6-4-5-7-18(17)20(24)26/h4-7,16H,8-15H2,1-3H3. The van der Waals surface area contributed by atoms with Crippen molar-refractivity contribution in [1.82, 2.24) is 9.80 Å². The minimum atomic E-state index is -0.471. The average Bonchev–Trinajstić information content (AvgIpc) is 2.92. The van der Waals surface area contributed by atoms with E-state index in [1.165, 1.54) is 4.90 Å². The molecule has 0 bridgehead atoms. The Bertz CT molecular complexity index is 728. The lowest BCUT2D eigenvalue weighted by Crippen LogP contribution is -2.41. The van der Waals surface area contributed by atoms with Crippen molar-refractivity contribution in [3.63, 3.8) is 0 Å². The molecule has 0 atom stereocenters. The van der Waals surface area contributed by atoms with Crippen LogP contribution in [-0.2, 0) is 9.47 Å². The van der Waals surface area contributed by atoms with Crippen molar-refractivity contribution in [2.75, 3.05) is 32.8 Å². The molecule has 2 heterocycles. The molecule has 0 spiro atoms. The first-order chi connectivity index (χ1) is 13.8. The summed E-state index contributed by atoms with van der Waals surface area (Å²) in [6.07, 6.45) is 2.53. The van der Waals surface area contributed by atoms with Gasteiger partial charge in [-0.25, -0.2) is 4.79 Å². The number of carbonyl (C=O) groups excluding carboxylic acids is 3. The van der Waals surface area contributed by atoms with E-state index in [4.69, 9.17) is 9.47 Å². The first-order valence-electron chi connectivity index (χ1n) is 10.3. The van der Waals surface area contributed by atoms with E-state index in [2.05, 4.69) is 0 Å². The van der Waals surface area contributed by atoms with E-state index in [9.17, 15) is 14.4 Å². The summed E-state index contributed by atoms with van der Waals surface area (Å²) in [5.41, 5.74) is 0.463. The largest absolute Gasteiger partial charge is 0.444 e. The Morgan fingerprint density at radius 3 is 2.17 bits per heavy atom. The minimum absolute atomic E-state index is 0.242. The monoisotopic (exact) mass is 402 g/mol. The van der Waals surface area contributed by atoms with E-state index in [0.717, 1.165) is 19.3 Å². The predicted molar refractivity (Wildman–Crippen MR) is 108 cm³/mol. The number of piperidine rings is 1. The second-order valence-corrected chi connectivity index (χ2v) is 8.62. The molecule has 1 fully saturated rings. The Labute approximate surface area is 171 Å². The summed E-state index contributed by atoms with van der Waals surface area (Å²) in [5, 5.41) is 0. The van der Waals surface area contributed by atoms with E-state index >= 15 is 0 Å². The Hall–Kier alpha value is -2.41. The number of imide groups is 1. The quantitative estimate of drug-likeness (QED) is 0.539. The van der Waals surface area contributed by atoms with Crippen molar-refractivity contribution in [2.24, 2.45) is 5.92 Å². The van der Waals surface area contributed by atoms with Gasteiger partial charge in [0.2, 0.25) is 0 Å². The normalized spacial score (nSPS) is 17.6. The number of rotatable bonds is 6. The van der Waals surface area contributed by atoms with Crippen LogP contribution in [0.2, 0.25) is 0 Å². The Balaban J connectivity index is 1.32. The van der Waals surface area contributed by atoms with Gasteiger partial charge in [-0.2, -0.15) is 0 Å². The second kappa shape index (κ2) is 8.95. The van der Waals surface area contributed by atoms with Crippen molar-refractivity contribution in [2.45, 2.75) is 45.6 Å². The van der Waals surface area contributed by atoms with Gasteiger partial charge >= 0.3 is 6.09 Å². The van der Waals surface area contributed by atoms with Crippen molar-refractivity contribution < 1.29 is 23.9 Å². The van der Waals surface area contributed by atoms with Gasteiger partial charge in [0.25, 0.3) is 11.8 Å². The van der Waals surface area contributed by atoms with Gasteiger partial charge < -0.3 is 14.4 Å². The van der Waals surface area contributed by atoms with Crippen LogP contribution in [0.1, 0.15) is 60.7 Å². The highest BCUT2D eigenvalue weighted by Gasteiger charge is 2.34. The molecule has 2 aliphatic heterocycles. The SMILES string of the molecule is CC(C)(C)OC(=O)N1CCC(CCOCCN2C(=O)c3ccccc3C2=O)CC1. The van der Waals surface area contributed by atoms with Gasteiger partial charge in [-0.3, -0.25) is 14.5 Å². The molecule has 1 saturated heterocycles. The Morgan fingerprint density at radius 2 is 1.62 bits per heavy atom. The molecule has 0 unspecified atom stereocenters. The molecule has 29 heavy (non-hydrogen) atoms. The number of benzene rings is 1. The van der Waals surface area contributed by atoms with Gasteiger partial charge in [0.05, 0.1) is 24.3 Å². The molecule has 7 nitrogen and oxygen atoms in total. The molecule has 3 amide bonds. The molecular weight excluding hydrogens is 372 g/mol. The third kappa shape index (κ3) is 5.35. The molecule has 0 aromatic heterocycles. The molecule has 0 aliphatic carbocycles. The van der Waals surface area contributed by atoms with Crippen molar-refractivity contribution >= 4 is 17.9 Å². The molecule has 1 aromatic carbocycles.